The van der Waals surface area contributed by atoms with Gasteiger partial charge in [0, 0.05) is 44.1 Å². The van der Waals surface area contributed by atoms with Gasteiger partial charge in [0.1, 0.15) is 5.52 Å². The summed E-state index contributed by atoms with van der Waals surface area (Å²) < 4.78 is 40.6. The van der Waals surface area contributed by atoms with E-state index in [2.05, 4.69) is 25.6 Å². The highest BCUT2D eigenvalue weighted by molar-refractivity contribution is 5.85. The zero-order valence-electron chi connectivity index (χ0n) is 16.8. The minimum absolute atomic E-state index is 0.000534. The number of alkyl halides is 3. The average Bonchev–Trinajstić information content (AvgIpc) is 3.35. The molecule has 31 heavy (non-hydrogen) atoms. The lowest BCUT2D eigenvalue weighted by Gasteiger charge is -2.38. The number of aromatic amines is 1. The molecule has 0 unspecified atom stereocenters. The van der Waals surface area contributed by atoms with E-state index < -0.39 is 17.7 Å². The smallest absolute Gasteiger partial charge is 0.373 e. The monoisotopic (exact) mass is 438 g/mol. The van der Waals surface area contributed by atoms with E-state index in [0.29, 0.717) is 24.5 Å². The third-order valence-electron chi connectivity index (χ3n) is 5.15. The number of anilines is 3. The lowest BCUT2D eigenvalue weighted by atomic mass is 10.0. The van der Waals surface area contributed by atoms with Crippen molar-refractivity contribution in [3.8, 4) is 0 Å². The van der Waals surface area contributed by atoms with E-state index in [4.69, 9.17) is 0 Å². The van der Waals surface area contributed by atoms with Gasteiger partial charge in [-0.2, -0.15) is 23.3 Å². The Morgan fingerprint density at radius 3 is 2.58 bits per heavy atom. The molecule has 4 heterocycles. The fourth-order valence-corrected chi connectivity index (χ4v) is 3.29. The number of amides is 1. The Labute approximate surface area is 174 Å². The van der Waals surface area contributed by atoms with Crippen LogP contribution in [0, 0.1) is 6.92 Å². The van der Waals surface area contributed by atoms with Crippen LogP contribution in [0.5, 0.6) is 0 Å². The number of carbonyl (C=O) groups excluding carboxylic acids is 1. The molecule has 0 aliphatic carbocycles. The molecule has 10 nitrogen and oxygen atoms in total. The number of aryl methyl sites for hydroxylation is 1. The molecule has 1 amide bonds. The van der Waals surface area contributed by atoms with Crippen molar-refractivity contribution in [2.45, 2.75) is 25.6 Å². The molecule has 0 spiro atoms. The number of H-pyrrole nitrogens is 1. The summed E-state index contributed by atoms with van der Waals surface area (Å²) in [5, 5.41) is 24.2. The van der Waals surface area contributed by atoms with Crippen LogP contribution in [-0.2, 0) is 4.79 Å². The molecule has 1 aliphatic rings. The second-order valence-electron chi connectivity index (χ2n) is 7.51. The first-order valence-electron chi connectivity index (χ1n) is 9.54. The maximum absolute atomic E-state index is 13.0. The molecule has 3 aromatic rings. The summed E-state index contributed by atoms with van der Waals surface area (Å²) in [6, 6.07) is 5.46. The van der Waals surface area contributed by atoms with Crippen LogP contribution in [0.25, 0.3) is 5.52 Å². The summed E-state index contributed by atoms with van der Waals surface area (Å²) in [6.45, 7) is 2.77. The molecule has 0 saturated carbocycles. The minimum atomic E-state index is -5.05. The van der Waals surface area contributed by atoms with Crippen LogP contribution in [0.4, 0.5) is 30.8 Å². The van der Waals surface area contributed by atoms with E-state index in [0.717, 1.165) is 16.1 Å². The van der Waals surface area contributed by atoms with Gasteiger partial charge in [-0.15, -0.1) is 5.10 Å². The van der Waals surface area contributed by atoms with E-state index in [1.807, 2.05) is 25.1 Å². The fourth-order valence-electron chi connectivity index (χ4n) is 3.29. The molecule has 166 valence electrons. The quantitative estimate of drug-likeness (QED) is 0.565. The zero-order chi connectivity index (χ0) is 22.4. The molecule has 0 aromatic carbocycles. The summed E-state index contributed by atoms with van der Waals surface area (Å²) in [6.07, 6.45) is -3.29. The number of nitrogens with zero attached hydrogens (tertiary/aromatic N) is 6. The van der Waals surface area contributed by atoms with Crippen LogP contribution in [0.15, 0.2) is 24.4 Å². The van der Waals surface area contributed by atoms with Gasteiger partial charge < -0.3 is 20.2 Å². The van der Waals surface area contributed by atoms with Gasteiger partial charge in [-0.1, -0.05) is 0 Å². The second kappa shape index (κ2) is 7.41. The number of nitrogens with one attached hydrogen (secondary N) is 2. The maximum atomic E-state index is 13.0. The van der Waals surface area contributed by atoms with Gasteiger partial charge in [0.15, 0.2) is 11.6 Å². The minimum Gasteiger partial charge on any atom is -0.373 e. The molecule has 0 bridgehead atoms. The topological polar surface area (TPSA) is 115 Å². The van der Waals surface area contributed by atoms with Gasteiger partial charge in [-0.25, -0.2) is 4.52 Å². The zero-order valence-corrected chi connectivity index (χ0v) is 16.8. The molecular formula is C18H21F3N8O2. The Kier molecular flexibility index (Phi) is 5.00. The normalized spacial score (nSPS) is 17.1. The molecule has 4 rings (SSSR count). The van der Waals surface area contributed by atoms with E-state index in [-0.39, 0.29) is 26.2 Å². The lowest BCUT2D eigenvalue weighted by molar-refractivity contribution is -0.250. The number of aromatic nitrogens is 5. The Morgan fingerprint density at radius 1 is 1.26 bits per heavy atom. The first kappa shape index (κ1) is 20.9. The van der Waals surface area contributed by atoms with Gasteiger partial charge in [-0.3, -0.25) is 9.89 Å². The van der Waals surface area contributed by atoms with Crippen LogP contribution in [0.1, 0.15) is 12.6 Å². The highest BCUT2D eigenvalue weighted by atomic mass is 19.4. The highest BCUT2D eigenvalue weighted by Crippen LogP contribution is 2.32. The Hall–Kier alpha value is -3.35. The van der Waals surface area contributed by atoms with Crippen molar-refractivity contribution in [2.24, 2.45) is 0 Å². The number of piperazine rings is 1. The molecule has 3 N–H and O–H groups in total. The summed E-state index contributed by atoms with van der Waals surface area (Å²) in [5.41, 5.74) is -1.83. The summed E-state index contributed by atoms with van der Waals surface area (Å²) >= 11 is 0. The van der Waals surface area contributed by atoms with Crippen molar-refractivity contribution in [1.82, 2.24) is 29.7 Å². The van der Waals surface area contributed by atoms with E-state index >= 15 is 0 Å². The number of carbonyl (C=O) groups is 1. The third kappa shape index (κ3) is 3.87. The van der Waals surface area contributed by atoms with Crippen LogP contribution < -0.4 is 10.2 Å². The van der Waals surface area contributed by atoms with Crippen LogP contribution >= 0.6 is 0 Å². The summed E-state index contributed by atoms with van der Waals surface area (Å²) in [4.78, 5) is 19.5. The number of halogens is 3. The highest BCUT2D eigenvalue weighted by Gasteiger charge is 2.57. The van der Waals surface area contributed by atoms with E-state index in [1.165, 1.54) is 0 Å². The number of hydrogen-bond acceptors (Lipinski definition) is 7. The average molecular weight is 438 g/mol. The van der Waals surface area contributed by atoms with Crippen LogP contribution in [0.3, 0.4) is 0 Å². The SMILES string of the molecule is Cc1cc(Nc2nc(N3CCN(C(=O)[C@@](C)(O)C(F)(F)F)CC3)nn3cccc23)n[nH]1. The largest absolute Gasteiger partial charge is 0.426 e. The molecule has 13 heteroatoms. The molecule has 3 aromatic heterocycles. The number of rotatable bonds is 4. The van der Waals surface area contributed by atoms with Gasteiger partial charge in [-0.05, 0) is 26.0 Å². The molecule has 1 aliphatic heterocycles. The third-order valence-corrected chi connectivity index (χ3v) is 5.15. The Balaban J connectivity index is 1.52. The first-order chi connectivity index (χ1) is 14.6. The van der Waals surface area contributed by atoms with Crippen molar-refractivity contribution < 1.29 is 23.1 Å². The van der Waals surface area contributed by atoms with E-state index in [1.54, 1.807) is 15.6 Å². The maximum Gasteiger partial charge on any atom is 0.426 e. The van der Waals surface area contributed by atoms with Crippen molar-refractivity contribution >= 4 is 29.0 Å². The number of fused-ring (bicyclic) bond motifs is 1. The molecule has 1 atom stereocenters. The standard InChI is InChI=1S/C18H21F3N8O2/c1-11-10-13(25-24-11)22-14-12-4-3-5-29(12)26-16(23-14)28-8-6-27(7-9-28)15(30)17(2,31)18(19,20)21/h3-5,10,31H,6-9H2,1-2H3,(H2,22,23,24,25,26)/t17-/m1/s1. The lowest BCUT2D eigenvalue weighted by Crippen LogP contribution is -2.60. The van der Waals surface area contributed by atoms with Gasteiger partial charge in [0.05, 0.1) is 0 Å². The van der Waals surface area contributed by atoms with Gasteiger partial charge >= 0.3 is 6.18 Å². The predicted molar refractivity (Wildman–Crippen MR) is 105 cm³/mol. The van der Waals surface area contributed by atoms with Crippen molar-refractivity contribution in [3.63, 3.8) is 0 Å². The Morgan fingerprint density at radius 2 is 1.97 bits per heavy atom. The number of aliphatic hydroxyl groups is 1. The Bertz CT molecular complexity index is 1100. The van der Waals surface area contributed by atoms with Gasteiger partial charge in [0.25, 0.3) is 5.91 Å². The second-order valence-corrected chi connectivity index (χ2v) is 7.51. The first-order valence-corrected chi connectivity index (χ1v) is 9.54. The molecule has 1 fully saturated rings. The molecule has 0 radical (unpaired) electrons. The van der Waals surface area contributed by atoms with Crippen molar-refractivity contribution in [3.05, 3.63) is 30.1 Å². The van der Waals surface area contributed by atoms with Crippen LogP contribution in [-0.4, -0.2) is 78.7 Å². The van der Waals surface area contributed by atoms with Crippen molar-refractivity contribution in [2.75, 3.05) is 36.4 Å². The molecular weight excluding hydrogens is 417 g/mol. The fraction of sp³-hybridized carbons (Fsp3) is 0.444. The van der Waals surface area contributed by atoms with E-state index in [9.17, 15) is 23.1 Å². The summed E-state index contributed by atoms with van der Waals surface area (Å²) in [5.74, 6) is 0.0842. The predicted octanol–water partition coefficient (Wildman–Crippen LogP) is 1.47. The van der Waals surface area contributed by atoms with Gasteiger partial charge in [0.2, 0.25) is 11.5 Å². The van der Waals surface area contributed by atoms with Crippen molar-refractivity contribution in [1.29, 1.82) is 0 Å². The van der Waals surface area contributed by atoms with Crippen LogP contribution in [0.2, 0.25) is 0 Å². The number of hydrogen-bond donors (Lipinski definition) is 3. The molecule has 1 saturated heterocycles. The summed E-state index contributed by atoms with van der Waals surface area (Å²) in [7, 11) is 0.